The van der Waals surface area contributed by atoms with Gasteiger partial charge in [0.25, 0.3) is 5.91 Å². The van der Waals surface area contributed by atoms with Crippen LogP contribution in [-0.4, -0.2) is 67.7 Å². The average molecular weight is 591 g/mol. The van der Waals surface area contributed by atoms with Gasteiger partial charge in [0.2, 0.25) is 0 Å². The number of pyridine rings is 1. The van der Waals surface area contributed by atoms with Crippen molar-refractivity contribution in [2.45, 2.75) is 46.6 Å². The van der Waals surface area contributed by atoms with Gasteiger partial charge < -0.3 is 24.6 Å². The second-order valence-electron chi connectivity index (χ2n) is 10.1. The van der Waals surface area contributed by atoms with Crippen LogP contribution in [0, 0.1) is 5.41 Å². The molecule has 0 aliphatic carbocycles. The number of benzene rings is 1. The molecular formula is C27H36BrN5O5. The lowest BCUT2D eigenvalue weighted by molar-refractivity contribution is -0.131. The zero-order chi connectivity index (χ0) is 27.7. The summed E-state index contributed by atoms with van der Waals surface area (Å²) >= 11 is 0. The first-order valence-electron chi connectivity index (χ1n) is 12.1. The lowest BCUT2D eigenvalue weighted by Crippen LogP contribution is -2.31. The fourth-order valence-electron chi connectivity index (χ4n) is 4.15. The summed E-state index contributed by atoms with van der Waals surface area (Å²) in [7, 11) is 5.15. The van der Waals surface area contributed by atoms with Crippen LogP contribution in [0.4, 0.5) is 5.69 Å². The Hall–Kier alpha value is -3.47. The number of rotatable bonds is 8. The lowest BCUT2D eigenvalue weighted by atomic mass is 9.84. The van der Waals surface area contributed by atoms with Gasteiger partial charge in [-0.1, -0.05) is 20.8 Å². The Morgan fingerprint density at radius 1 is 1.18 bits per heavy atom. The molecular weight excluding hydrogens is 554 g/mol. The largest absolute Gasteiger partial charge is 0.491 e. The van der Waals surface area contributed by atoms with E-state index < -0.39 is 17.3 Å². The highest BCUT2D eigenvalue weighted by Crippen LogP contribution is 2.40. The molecule has 11 heteroatoms. The van der Waals surface area contributed by atoms with Crippen LogP contribution < -0.4 is 19.7 Å². The molecule has 0 unspecified atom stereocenters. The van der Waals surface area contributed by atoms with Crippen LogP contribution >= 0.6 is 17.0 Å². The number of esters is 1. The second-order valence-corrected chi connectivity index (χ2v) is 10.1. The fraction of sp³-hybridized carbons (Fsp3) is 0.444. The van der Waals surface area contributed by atoms with E-state index in [1.54, 1.807) is 28.0 Å². The van der Waals surface area contributed by atoms with Gasteiger partial charge in [0.15, 0.2) is 23.0 Å². The van der Waals surface area contributed by atoms with Crippen molar-refractivity contribution >= 4 is 46.2 Å². The monoisotopic (exact) mass is 589 g/mol. The SMILES string of the molecule is Br.CCOc1cc2c(nc1C(=O)NC)C(=N)N(CC(=O)c1cc(N(C)C)c(OC(C)=O)c(C(C)(C)C)c1)C2. The fourth-order valence-corrected chi connectivity index (χ4v) is 4.15. The highest BCUT2D eigenvalue weighted by molar-refractivity contribution is 8.93. The summed E-state index contributed by atoms with van der Waals surface area (Å²) in [6.45, 7) is 9.72. The number of hydrogen-bond donors (Lipinski definition) is 2. The van der Waals surface area contributed by atoms with Crippen molar-refractivity contribution in [3.8, 4) is 11.5 Å². The van der Waals surface area contributed by atoms with Gasteiger partial charge in [0, 0.05) is 51.3 Å². The van der Waals surface area contributed by atoms with Crippen LogP contribution in [0.15, 0.2) is 18.2 Å². The van der Waals surface area contributed by atoms with E-state index in [2.05, 4.69) is 10.3 Å². The Morgan fingerprint density at radius 2 is 1.84 bits per heavy atom. The molecule has 38 heavy (non-hydrogen) atoms. The minimum absolute atomic E-state index is 0. The second kappa shape index (κ2) is 11.9. The number of amides is 1. The number of halogens is 1. The van der Waals surface area contributed by atoms with Crippen LogP contribution in [0.25, 0.3) is 0 Å². The number of carbonyl (C=O) groups excluding carboxylic acids is 3. The third kappa shape index (κ3) is 6.32. The number of fused-ring (bicyclic) bond motifs is 1. The number of Topliss-reactive ketones (excluding diaryl/α,β-unsaturated/α-hetero) is 1. The van der Waals surface area contributed by atoms with Crippen LogP contribution in [-0.2, 0) is 16.8 Å². The number of carbonyl (C=O) groups is 3. The zero-order valence-electron chi connectivity index (χ0n) is 23.1. The van der Waals surface area contributed by atoms with Gasteiger partial charge in [0.05, 0.1) is 18.8 Å². The maximum absolute atomic E-state index is 13.5. The molecule has 0 saturated heterocycles. The summed E-state index contributed by atoms with van der Waals surface area (Å²) < 4.78 is 11.2. The molecule has 0 fully saturated rings. The molecule has 1 aromatic carbocycles. The molecule has 1 aromatic heterocycles. The minimum atomic E-state index is -0.439. The van der Waals surface area contributed by atoms with Gasteiger partial charge in [-0.15, -0.1) is 17.0 Å². The molecule has 3 rings (SSSR count). The molecule has 0 bridgehead atoms. The Balaban J connectivity index is 0.00000507. The summed E-state index contributed by atoms with van der Waals surface area (Å²) in [5.74, 6) is -0.210. The van der Waals surface area contributed by atoms with Gasteiger partial charge in [-0.2, -0.15) is 0 Å². The number of aromatic nitrogens is 1. The van der Waals surface area contributed by atoms with Crippen molar-refractivity contribution < 1.29 is 23.9 Å². The summed E-state index contributed by atoms with van der Waals surface area (Å²) in [6, 6.07) is 5.18. The van der Waals surface area contributed by atoms with E-state index in [4.69, 9.17) is 14.9 Å². The normalized spacial score (nSPS) is 12.4. The molecule has 1 aliphatic rings. The van der Waals surface area contributed by atoms with E-state index in [1.165, 1.54) is 14.0 Å². The molecule has 2 aromatic rings. The van der Waals surface area contributed by atoms with Gasteiger partial charge in [-0.25, -0.2) is 4.98 Å². The first-order chi connectivity index (χ1) is 17.3. The Morgan fingerprint density at radius 3 is 2.37 bits per heavy atom. The predicted molar refractivity (Wildman–Crippen MR) is 151 cm³/mol. The maximum Gasteiger partial charge on any atom is 0.308 e. The van der Waals surface area contributed by atoms with Gasteiger partial charge in [-0.05, 0) is 30.5 Å². The molecule has 0 atom stereocenters. The van der Waals surface area contributed by atoms with Crippen LogP contribution in [0.1, 0.15) is 72.3 Å². The first-order valence-corrected chi connectivity index (χ1v) is 12.1. The van der Waals surface area contributed by atoms with Crippen molar-refractivity contribution in [1.82, 2.24) is 15.2 Å². The van der Waals surface area contributed by atoms with E-state index in [0.29, 0.717) is 47.2 Å². The number of nitrogens with zero attached hydrogens (tertiary/aromatic N) is 3. The summed E-state index contributed by atoms with van der Waals surface area (Å²) in [6.07, 6.45) is 0. The molecule has 0 spiro atoms. The smallest absolute Gasteiger partial charge is 0.308 e. The number of amidine groups is 1. The quantitative estimate of drug-likeness (QED) is 0.271. The molecule has 2 heterocycles. The number of ketones is 1. The van der Waals surface area contributed by atoms with E-state index in [-0.39, 0.29) is 40.8 Å². The van der Waals surface area contributed by atoms with E-state index in [0.717, 1.165) is 5.56 Å². The minimum Gasteiger partial charge on any atom is -0.491 e. The van der Waals surface area contributed by atoms with Crippen molar-refractivity contribution in [2.75, 3.05) is 39.2 Å². The highest BCUT2D eigenvalue weighted by Gasteiger charge is 2.32. The topological polar surface area (TPSA) is 125 Å². The summed E-state index contributed by atoms with van der Waals surface area (Å²) in [5, 5.41) is 11.2. The lowest BCUT2D eigenvalue weighted by Gasteiger charge is -2.27. The Labute approximate surface area is 234 Å². The van der Waals surface area contributed by atoms with Crippen LogP contribution in [0.2, 0.25) is 0 Å². The predicted octanol–water partition coefficient (Wildman–Crippen LogP) is 3.73. The maximum atomic E-state index is 13.5. The number of nitrogens with one attached hydrogen (secondary N) is 2. The average Bonchev–Trinajstić information content (AvgIpc) is 3.11. The molecule has 0 saturated carbocycles. The third-order valence-corrected chi connectivity index (χ3v) is 5.97. The summed E-state index contributed by atoms with van der Waals surface area (Å²) in [5.41, 5.74) is 2.56. The Bertz CT molecular complexity index is 1270. The van der Waals surface area contributed by atoms with Crippen molar-refractivity contribution in [2.24, 2.45) is 0 Å². The van der Waals surface area contributed by atoms with Gasteiger partial charge in [0.1, 0.15) is 11.5 Å². The molecule has 0 radical (unpaired) electrons. The molecule has 2 N–H and O–H groups in total. The van der Waals surface area contributed by atoms with E-state index in [9.17, 15) is 14.4 Å². The zero-order valence-corrected chi connectivity index (χ0v) is 24.9. The first kappa shape index (κ1) is 30.8. The van der Waals surface area contributed by atoms with Crippen LogP contribution in [0.3, 0.4) is 0 Å². The van der Waals surface area contributed by atoms with Crippen molar-refractivity contribution in [3.05, 3.63) is 46.3 Å². The van der Waals surface area contributed by atoms with Gasteiger partial charge >= 0.3 is 5.97 Å². The van der Waals surface area contributed by atoms with Crippen molar-refractivity contribution in [1.29, 1.82) is 5.41 Å². The number of hydrogen-bond acceptors (Lipinski definition) is 8. The molecule has 1 amide bonds. The third-order valence-electron chi connectivity index (χ3n) is 5.97. The number of anilines is 1. The van der Waals surface area contributed by atoms with Crippen molar-refractivity contribution in [3.63, 3.8) is 0 Å². The standard InChI is InChI=1S/C27H35N5O5.BrH/c1-9-36-21-12-17-13-32(25(28)22(17)30-23(21)26(35)29-6)14-20(34)16-10-18(27(3,4)5)24(37-15(2)33)19(11-16)31(7)8;/h10-12,28H,9,13-14H2,1-8H3,(H,29,35);1H. The number of ether oxygens (including phenoxy) is 2. The summed E-state index contributed by atoms with van der Waals surface area (Å²) in [4.78, 5) is 45.5. The Kier molecular flexibility index (Phi) is 9.66. The highest BCUT2D eigenvalue weighted by atomic mass is 79.9. The van der Waals surface area contributed by atoms with Crippen LogP contribution in [0.5, 0.6) is 11.5 Å². The van der Waals surface area contributed by atoms with E-state index in [1.807, 2.05) is 41.8 Å². The van der Waals surface area contributed by atoms with E-state index >= 15 is 0 Å². The molecule has 206 valence electrons. The molecule has 1 aliphatic heterocycles. The molecule has 10 nitrogen and oxygen atoms in total. The van der Waals surface area contributed by atoms with Gasteiger partial charge in [-0.3, -0.25) is 19.8 Å².